The predicted octanol–water partition coefficient (Wildman–Crippen LogP) is 3.81. The minimum absolute atomic E-state index is 0.00125. The number of rotatable bonds is 4. The molecule has 0 unspecified atom stereocenters. The highest BCUT2D eigenvalue weighted by Gasteiger charge is 2.50. The van der Waals surface area contributed by atoms with Gasteiger partial charge in [-0.3, -0.25) is 0 Å². The van der Waals surface area contributed by atoms with E-state index in [1.54, 1.807) is 0 Å². The summed E-state index contributed by atoms with van der Waals surface area (Å²) < 4.78 is 11.9. The maximum absolute atomic E-state index is 5.97. The lowest BCUT2D eigenvalue weighted by atomic mass is 9.83. The zero-order valence-electron chi connectivity index (χ0n) is 12.0. The van der Waals surface area contributed by atoms with Crippen LogP contribution in [-0.2, 0) is 9.31 Å². The molecule has 0 bridgehead atoms. The Morgan fingerprint density at radius 1 is 0.938 bits per heavy atom. The average Bonchev–Trinajstić information content (AvgIpc) is 2.17. The summed E-state index contributed by atoms with van der Waals surface area (Å²) in [5.74, 6) is 0. The van der Waals surface area contributed by atoms with E-state index in [-0.39, 0.29) is 18.3 Å². The first-order valence-corrected chi connectivity index (χ1v) is 10.1. The standard InChI is InChI=1S/C12H27BO2Si/c1-11(2)12(3,4)15-13(14-11)9-8-10-16(5,6)7/h8-10H2,1-7H3. The lowest BCUT2D eigenvalue weighted by Gasteiger charge is -2.32. The van der Waals surface area contributed by atoms with Gasteiger partial charge in [0.05, 0.1) is 11.2 Å². The Bertz CT molecular complexity index is 230. The highest BCUT2D eigenvalue weighted by Crippen LogP contribution is 2.38. The average molecular weight is 242 g/mol. The van der Waals surface area contributed by atoms with E-state index in [9.17, 15) is 0 Å². The van der Waals surface area contributed by atoms with Crippen molar-refractivity contribution in [2.75, 3.05) is 0 Å². The van der Waals surface area contributed by atoms with E-state index < -0.39 is 8.07 Å². The van der Waals surface area contributed by atoms with Crippen LogP contribution in [0.1, 0.15) is 34.1 Å². The Morgan fingerprint density at radius 3 is 1.75 bits per heavy atom. The molecule has 0 spiro atoms. The summed E-state index contributed by atoms with van der Waals surface area (Å²) in [7, 11) is -0.910. The van der Waals surface area contributed by atoms with Crippen molar-refractivity contribution in [2.45, 2.75) is 77.3 Å². The van der Waals surface area contributed by atoms with Crippen molar-refractivity contribution in [3.8, 4) is 0 Å². The van der Waals surface area contributed by atoms with Gasteiger partial charge >= 0.3 is 7.12 Å². The lowest BCUT2D eigenvalue weighted by Crippen LogP contribution is -2.41. The van der Waals surface area contributed by atoms with Crippen molar-refractivity contribution >= 4 is 15.2 Å². The molecule has 4 heteroatoms. The van der Waals surface area contributed by atoms with Crippen LogP contribution >= 0.6 is 0 Å². The van der Waals surface area contributed by atoms with Crippen molar-refractivity contribution in [1.82, 2.24) is 0 Å². The zero-order chi connectivity index (χ0) is 12.6. The van der Waals surface area contributed by atoms with Crippen LogP contribution in [0.2, 0.25) is 32.0 Å². The second-order valence-corrected chi connectivity index (χ2v) is 12.8. The monoisotopic (exact) mass is 242 g/mol. The molecular formula is C12H27BO2Si. The van der Waals surface area contributed by atoms with E-state index in [2.05, 4.69) is 47.3 Å². The molecule has 0 aliphatic carbocycles. The van der Waals surface area contributed by atoms with Crippen LogP contribution in [0.4, 0.5) is 0 Å². The van der Waals surface area contributed by atoms with Gasteiger partial charge in [0.2, 0.25) is 0 Å². The summed E-state index contributed by atoms with van der Waals surface area (Å²) in [4.78, 5) is 0. The summed E-state index contributed by atoms with van der Waals surface area (Å²) >= 11 is 0. The molecule has 0 aromatic carbocycles. The first-order valence-electron chi connectivity index (χ1n) is 6.39. The van der Waals surface area contributed by atoms with Gasteiger partial charge in [-0.25, -0.2) is 0 Å². The Labute approximate surface area is 102 Å². The predicted molar refractivity (Wildman–Crippen MR) is 73.7 cm³/mol. The van der Waals surface area contributed by atoms with E-state index in [4.69, 9.17) is 9.31 Å². The first-order chi connectivity index (χ1) is 7.04. The van der Waals surface area contributed by atoms with Gasteiger partial charge in [0.1, 0.15) is 0 Å². The third kappa shape index (κ3) is 3.61. The first kappa shape index (κ1) is 14.3. The van der Waals surface area contributed by atoms with Crippen LogP contribution < -0.4 is 0 Å². The summed E-state index contributed by atoms with van der Waals surface area (Å²) in [6.07, 6.45) is 2.27. The van der Waals surface area contributed by atoms with E-state index in [1.165, 1.54) is 12.5 Å². The van der Waals surface area contributed by atoms with Crippen LogP contribution in [0.5, 0.6) is 0 Å². The topological polar surface area (TPSA) is 18.5 Å². The Kier molecular flexibility index (Phi) is 3.98. The molecule has 2 nitrogen and oxygen atoms in total. The molecule has 1 aliphatic rings. The second kappa shape index (κ2) is 4.47. The third-order valence-corrected chi connectivity index (χ3v) is 5.52. The molecule has 94 valence electrons. The van der Waals surface area contributed by atoms with E-state index >= 15 is 0 Å². The van der Waals surface area contributed by atoms with E-state index in [0.717, 1.165) is 6.32 Å². The summed E-state index contributed by atoms with van der Waals surface area (Å²) in [5.41, 5.74) is -0.340. The van der Waals surface area contributed by atoms with Gasteiger partial charge in [0.25, 0.3) is 0 Å². The summed E-state index contributed by atoms with van der Waals surface area (Å²) in [6, 6.07) is 1.36. The van der Waals surface area contributed by atoms with Crippen molar-refractivity contribution in [1.29, 1.82) is 0 Å². The van der Waals surface area contributed by atoms with Gasteiger partial charge in [-0.15, -0.1) is 0 Å². The van der Waals surface area contributed by atoms with Crippen LogP contribution in [0.15, 0.2) is 0 Å². The zero-order valence-corrected chi connectivity index (χ0v) is 13.0. The second-order valence-electron chi connectivity index (χ2n) is 7.14. The normalized spacial score (nSPS) is 23.8. The molecular weight excluding hydrogens is 215 g/mol. The van der Waals surface area contributed by atoms with Gasteiger partial charge in [-0.05, 0) is 34.0 Å². The minimum atomic E-state index is -0.912. The molecule has 0 saturated carbocycles. The van der Waals surface area contributed by atoms with Gasteiger partial charge < -0.3 is 9.31 Å². The van der Waals surface area contributed by atoms with Crippen LogP contribution in [0.3, 0.4) is 0 Å². The molecule has 0 aromatic heterocycles. The van der Waals surface area contributed by atoms with E-state index in [0.29, 0.717) is 0 Å². The summed E-state index contributed by atoms with van der Waals surface area (Å²) in [6.45, 7) is 15.7. The van der Waals surface area contributed by atoms with Gasteiger partial charge in [-0.1, -0.05) is 32.1 Å². The van der Waals surface area contributed by atoms with Gasteiger partial charge in [0, 0.05) is 8.07 Å². The molecule has 1 fully saturated rings. The third-order valence-electron chi connectivity index (χ3n) is 3.67. The summed E-state index contributed by atoms with van der Waals surface area (Å²) in [5, 5.41) is 0. The SMILES string of the molecule is CC1(C)OB(CCC[Si](C)(C)C)OC1(C)C. The van der Waals surface area contributed by atoms with Gasteiger partial charge in [-0.2, -0.15) is 0 Å². The fourth-order valence-corrected chi connectivity index (χ4v) is 3.15. The molecule has 0 atom stereocenters. The smallest absolute Gasteiger partial charge is 0.403 e. The quantitative estimate of drug-likeness (QED) is 0.698. The highest BCUT2D eigenvalue weighted by molar-refractivity contribution is 6.76. The van der Waals surface area contributed by atoms with Crippen LogP contribution in [0.25, 0.3) is 0 Å². The molecule has 0 N–H and O–H groups in total. The molecule has 0 aromatic rings. The van der Waals surface area contributed by atoms with E-state index in [1.807, 2.05) is 0 Å². The van der Waals surface area contributed by atoms with Crippen molar-refractivity contribution in [3.05, 3.63) is 0 Å². The van der Waals surface area contributed by atoms with Crippen molar-refractivity contribution < 1.29 is 9.31 Å². The van der Waals surface area contributed by atoms with Crippen LogP contribution in [-0.4, -0.2) is 26.4 Å². The Morgan fingerprint density at radius 2 is 1.38 bits per heavy atom. The fraction of sp³-hybridized carbons (Fsp3) is 1.00. The molecule has 16 heavy (non-hydrogen) atoms. The highest BCUT2D eigenvalue weighted by atomic mass is 28.3. The minimum Gasteiger partial charge on any atom is -0.403 e. The molecule has 1 rings (SSSR count). The fourth-order valence-electron chi connectivity index (χ4n) is 1.88. The van der Waals surface area contributed by atoms with Crippen molar-refractivity contribution in [3.63, 3.8) is 0 Å². The Balaban J connectivity index is 2.38. The maximum atomic E-state index is 5.97. The van der Waals surface area contributed by atoms with Gasteiger partial charge in [0.15, 0.2) is 0 Å². The largest absolute Gasteiger partial charge is 0.457 e. The molecule has 1 saturated heterocycles. The molecule has 0 radical (unpaired) electrons. The van der Waals surface area contributed by atoms with Crippen molar-refractivity contribution in [2.24, 2.45) is 0 Å². The molecule has 1 heterocycles. The molecule has 0 amide bonds. The molecule has 1 aliphatic heterocycles. The number of hydrogen-bond acceptors (Lipinski definition) is 2. The lowest BCUT2D eigenvalue weighted by molar-refractivity contribution is 0.00578. The maximum Gasteiger partial charge on any atom is 0.457 e. The Hall–Kier alpha value is 0.202. The number of hydrogen-bond donors (Lipinski definition) is 0. The van der Waals surface area contributed by atoms with Crippen LogP contribution in [0, 0.1) is 0 Å².